The van der Waals surface area contributed by atoms with Gasteiger partial charge in [0.15, 0.2) is 0 Å². The Morgan fingerprint density at radius 2 is 1.67 bits per heavy atom. The zero-order valence-corrected chi connectivity index (χ0v) is 11.2. The molecule has 110 valence electrons. The number of halogens is 3. The summed E-state index contributed by atoms with van der Waals surface area (Å²) in [4.78, 5) is 11.2. The number of amides is 1. The standard InChI is InChI=1S/C15H13F3N2O/c1-10(21)19-14-9-11(15(16,17)18)7-8-13(14)20-12-5-3-2-4-6-12/h2-9,20H,1H3,(H,19,21). The van der Waals surface area contributed by atoms with Gasteiger partial charge in [0.2, 0.25) is 5.91 Å². The van der Waals surface area contributed by atoms with E-state index in [4.69, 9.17) is 0 Å². The second-order valence-corrected chi connectivity index (χ2v) is 4.43. The average Bonchev–Trinajstić information content (AvgIpc) is 2.40. The highest BCUT2D eigenvalue weighted by Gasteiger charge is 2.31. The van der Waals surface area contributed by atoms with Gasteiger partial charge in [-0.05, 0) is 30.3 Å². The maximum atomic E-state index is 12.7. The zero-order valence-electron chi connectivity index (χ0n) is 11.2. The highest BCUT2D eigenvalue weighted by molar-refractivity contribution is 5.93. The molecule has 2 N–H and O–H groups in total. The summed E-state index contributed by atoms with van der Waals surface area (Å²) in [5, 5.41) is 5.38. The molecule has 2 aromatic rings. The predicted molar refractivity (Wildman–Crippen MR) is 75.5 cm³/mol. The first-order chi connectivity index (χ1) is 9.86. The van der Waals surface area contributed by atoms with Crippen LogP contribution in [0.2, 0.25) is 0 Å². The number of carbonyl (C=O) groups excluding carboxylic acids is 1. The first-order valence-electron chi connectivity index (χ1n) is 6.17. The largest absolute Gasteiger partial charge is 0.416 e. The van der Waals surface area contributed by atoms with E-state index in [0.717, 1.165) is 12.1 Å². The van der Waals surface area contributed by atoms with Gasteiger partial charge in [-0.3, -0.25) is 4.79 Å². The molecule has 1 amide bonds. The fraction of sp³-hybridized carbons (Fsp3) is 0.133. The van der Waals surface area contributed by atoms with E-state index in [-0.39, 0.29) is 5.69 Å². The first kappa shape index (κ1) is 14.9. The van der Waals surface area contributed by atoms with Crippen LogP contribution in [0.25, 0.3) is 0 Å². The first-order valence-corrected chi connectivity index (χ1v) is 6.17. The minimum atomic E-state index is -4.46. The Bertz CT molecular complexity index is 639. The summed E-state index contributed by atoms with van der Waals surface area (Å²) in [6.07, 6.45) is -4.46. The molecular formula is C15H13F3N2O. The van der Waals surface area contributed by atoms with Crippen molar-refractivity contribution in [2.45, 2.75) is 13.1 Å². The Kier molecular flexibility index (Phi) is 4.16. The monoisotopic (exact) mass is 294 g/mol. The molecule has 0 aromatic heterocycles. The number of nitrogens with one attached hydrogen (secondary N) is 2. The normalized spacial score (nSPS) is 11.0. The van der Waals surface area contributed by atoms with Gasteiger partial charge in [0, 0.05) is 12.6 Å². The van der Waals surface area contributed by atoms with Gasteiger partial charge in [-0.2, -0.15) is 13.2 Å². The van der Waals surface area contributed by atoms with Gasteiger partial charge < -0.3 is 10.6 Å². The number of hydrogen-bond donors (Lipinski definition) is 2. The van der Waals surface area contributed by atoms with Crippen molar-refractivity contribution in [3.05, 3.63) is 54.1 Å². The molecule has 0 saturated heterocycles. The van der Waals surface area contributed by atoms with Crippen LogP contribution in [0.5, 0.6) is 0 Å². The second-order valence-electron chi connectivity index (χ2n) is 4.43. The summed E-state index contributed by atoms with van der Waals surface area (Å²) in [5.74, 6) is -0.439. The fourth-order valence-corrected chi connectivity index (χ4v) is 1.80. The van der Waals surface area contributed by atoms with Gasteiger partial charge in [-0.15, -0.1) is 0 Å². The SMILES string of the molecule is CC(=O)Nc1cc(C(F)(F)F)ccc1Nc1ccccc1. The van der Waals surface area contributed by atoms with E-state index < -0.39 is 17.6 Å². The lowest BCUT2D eigenvalue weighted by Crippen LogP contribution is -2.11. The van der Waals surface area contributed by atoms with Gasteiger partial charge in [0.1, 0.15) is 0 Å². The minimum Gasteiger partial charge on any atom is -0.354 e. The Morgan fingerprint density at radius 3 is 2.24 bits per heavy atom. The van der Waals surface area contributed by atoms with Crippen molar-refractivity contribution >= 4 is 23.0 Å². The molecule has 0 bridgehead atoms. The molecule has 0 atom stereocenters. The lowest BCUT2D eigenvalue weighted by Gasteiger charge is -2.15. The third-order valence-corrected chi connectivity index (χ3v) is 2.71. The molecule has 0 spiro atoms. The van der Waals surface area contributed by atoms with Crippen LogP contribution in [0.15, 0.2) is 48.5 Å². The molecule has 0 aliphatic carbocycles. The van der Waals surface area contributed by atoms with Crippen molar-refractivity contribution in [2.24, 2.45) is 0 Å². The Morgan fingerprint density at radius 1 is 1.00 bits per heavy atom. The van der Waals surface area contributed by atoms with Crippen LogP contribution < -0.4 is 10.6 Å². The lowest BCUT2D eigenvalue weighted by molar-refractivity contribution is -0.137. The number of anilines is 3. The number of alkyl halides is 3. The van der Waals surface area contributed by atoms with Gasteiger partial charge in [0.25, 0.3) is 0 Å². The molecule has 21 heavy (non-hydrogen) atoms. The third-order valence-electron chi connectivity index (χ3n) is 2.71. The molecule has 0 saturated carbocycles. The van der Waals surface area contributed by atoms with Crippen LogP contribution in [0.3, 0.4) is 0 Å². The number of carbonyl (C=O) groups is 1. The number of benzene rings is 2. The highest BCUT2D eigenvalue weighted by atomic mass is 19.4. The molecular weight excluding hydrogens is 281 g/mol. The smallest absolute Gasteiger partial charge is 0.354 e. The van der Waals surface area contributed by atoms with E-state index in [1.165, 1.54) is 13.0 Å². The quantitative estimate of drug-likeness (QED) is 0.880. The van der Waals surface area contributed by atoms with Crippen molar-refractivity contribution in [3.63, 3.8) is 0 Å². The van der Waals surface area contributed by atoms with Crippen LogP contribution in [-0.2, 0) is 11.0 Å². The van der Waals surface area contributed by atoms with E-state index in [0.29, 0.717) is 11.4 Å². The molecule has 0 radical (unpaired) electrons. The molecule has 2 rings (SSSR count). The molecule has 0 unspecified atom stereocenters. The predicted octanol–water partition coefficient (Wildman–Crippen LogP) is 4.41. The van der Waals surface area contributed by atoms with E-state index in [1.54, 1.807) is 24.3 Å². The molecule has 0 heterocycles. The van der Waals surface area contributed by atoms with Crippen LogP contribution >= 0.6 is 0 Å². The summed E-state index contributed by atoms with van der Waals surface area (Å²) in [7, 11) is 0. The van der Waals surface area contributed by atoms with E-state index in [9.17, 15) is 18.0 Å². The molecule has 0 fully saturated rings. The summed E-state index contributed by atoms with van der Waals surface area (Å²) >= 11 is 0. The summed E-state index contributed by atoms with van der Waals surface area (Å²) in [5.41, 5.74) is 0.374. The Balaban J connectivity index is 2.38. The highest BCUT2D eigenvalue weighted by Crippen LogP contribution is 2.35. The maximum Gasteiger partial charge on any atom is 0.416 e. The molecule has 6 heteroatoms. The molecule has 2 aromatic carbocycles. The number of para-hydroxylation sites is 1. The number of rotatable bonds is 3. The lowest BCUT2D eigenvalue weighted by atomic mass is 10.1. The third kappa shape index (κ3) is 3.98. The zero-order chi connectivity index (χ0) is 15.5. The Labute approximate surface area is 119 Å². The summed E-state index contributed by atoms with van der Waals surface area (Å²) in [6.45, 7) is 1.24. The van der Waals surface area contributed by atoms with Crippen molar-refractivity contribution in [1.82, 2.24) is 0 Å². The van der Waals surface area contributed by atoms with Gasteiger partial charge in [-0.1, -0.05) is 18.2 Å². The Hall–Kier alpha value is -2.50. The molecule has 0 aliphatic rings. The van der Waals surface area contributed by atoms with Crippen LogP contribution in [-0.4, -0.2) is 5.91 Å². The van der Waals surface area contributed by atoms with Crippen LogP contribution in [0, 0.1) is 0 Å². The molecule has 0 aliphatic heterocycles. The van der Waals surface area contributed by atoms with Gasteiger partial charge in [-0.25, -0.2) is 0 Å². The minimum absolute atomic E-state index is 0.0844. The summed E-state index contributed by atoms with van der Waals surface area (Å²) < 4.78 is 38.2. The van der Waals surface area contributed by atoms with Crippen LogP contribution in [0.4, 0.5) is 30.2 Å². The van der Waals surface area contributed by atoms with Crippen molar-refractivity contribution in [2.75, 3.05) is 10.6 Å². The van der Waals surface area contributed by atoms with Crippen molar-refractivity contribution in [3.8, 4) is 0 Å². The number of hydrogen-bond acceptors (Lipinski definition) is 2. The van der Waals surface area contributed by atoms with E-state index in [2.05, 4.69) is 10.6 Å². The average molecular weight is 294 g/mol. The maximum absolute atomic E-state index is 12.7. The molecule has 3 nitrogen and oxygen atoms in total. The van der Waals surface area contributed by atoms with E-state index in [1.807, 2.05) is 6.07 Å². The summed E-state index contributed by atoms with van der Waals surface area (Å²) in [6, 6.07) is 12.1. The van der Waals surface area contributed by atoms with E-state index >= 15 is 0 Å². The van der Waals surface area contributed by atoms with Gasteiger partial charge in [0.05, 0.1) is 16.9 Å². The topological polar surface area (TPSA) is 41.1 Å². The van der Waals surface area contributed by atoms with Gasteiger partial charge >= 0.3 is 6.18 Å². The van der Waals surface area contributed by atoms with Crippen molar-refractivity contribution in [1.29, 1.82) is 0 Å². The second kappa shape index (κ2) is 5.87. The van der Waals surface area contributed by atoms with Crippen LogP contribution in [0.1, 0.15) is 12.5 Å². The fourth-order valence-electron chi connectivity index (χ4n) is 1.80. The van der Waals surface area contributed by atoms with Crippen molar-refractivity contribution < 1.29 is 18.0 Å².